The highest BCUT2D eigenvalue weighted by atomic mass is 35.5. The summed E-state index contributed by atoms with van der Waals surface area (Å²) in [6.45, 7) is 3.59. The van der Waals surface area contributed by atoms with Crippen molar-refractivity contribution in [1.29, 1.82) is 0 Å². The zero-order valence-electron chi connectivity index (χ0n) is 22.8. The normalized spacial score (nSPS) is 18.5. The molecule has 2 aliphatic heterocycles. The molecule has 2 aliphatic rings. The minimum atomic E-state index is -1.09. The lowest BCUT2D eigenvalue weighted by Gasteiger charge is -2.21. The average Bonchev–Trinajstić information content (AvgIpc) is 3.60. The molecule has 0 aliphatic carbocycles. The number of aromatic nitrogens is 4. The molecular weight excluding hydrogens is 567 g/mol. The van der Waals surface area contributed by atoms with Crippen LogP contribution in [0.15, 0.2) is 41.7 Å². The fraction of sp³-hybridized carbons (Fsp3) is 0.321. The number of pyridine rings is 1. The van der Waals surface area contributed by atoms with E-state index < -0.39 is 34.5 Å². The number of anilines is 2. The van der Waals surface area contributed by atoms with Crippen molar-refractivity contribution in [2.45, 2.75) is 6.54 Å². The Labute approximate surface area is 244 Å². The molecule has 3 aromatic heterocycles. The van der Waals surface area contributed by atoms with Crippen LogP contribution in [0.25, 0.3) is 22.2 Å². The van der Waals surface area contributed by atoms with Crippen LogP contribution in [0.1, 0.15) is 10.4 Å². The van der Waals surface area contributed by atoms with Crippen LogP contribution in [0.3, 0.4) is 0 Å². The Kier molecular flexibility index (Phi) is 6.86. The second kappa shape index (κ2) is 10.4. The molecule has 0 bridgehead atoms. The summed E-state index contributed by atoms with van der Waals surface area (Å²) in [7, 11) is 3.63. The van der Waals surface area contributed by atoms with E-state index in [2.05, 4.69) is 32.1 Å². The number of hydrogen-bond donors (Lipinski definition) is 3. The van der Waals surface area contributed by atoms with Crippen LogP contribution in [0, 0.1) is 17.7 Å². The second-order valence-electron chi connectivity index (χ2n) is 11.0. The van der Waals surface area contributed by atoms with E-state index in [0.717, 1.165) is 38.1 Å². The van der Waals surface area contributed by atoms with Gasteiger partial charge in [0.2, 0.25) is 5.91 Å². The third kappa shape index (κ3) is 4.84. The first-order chi connectivity index (χ1) is 20.0. The SMILES string of the molecule is CN1CC2CN(c3cc(NC(=O)Cn4cc(-c5cc(F)c(O)c(C(N)=O)c5)c5c(=O)n(C)cnc54)c(Cl)cn3)CC2C1. The molecule has 5 heterocycles. The number of benzene rings is 1. The van der Waals surface area contributed by atoms with Gasteiger partial charge in [-0.15, -0.1) is 0 Å². The molecular formula is C28H28ClFN8O4. The summed E-state index contributed by atoms with van der Waals surface area (Å²) in [6.07, 6.45) is 4.29. The molecule has 4 aromatic rings. The van der Waals surface area contributed by atoms with Gasteiger partial charge >= 0.3 is 0 Å². The maximum atomic E-state index is 14.5. The third-order valence-corrected chi connectivity index (χ3v) is 8.30. The minimum absolute atomic E-state index is 0.0998. The van der Waals surface area contributed by atoms with Crippen molar-refractivity contribution >= 4 is 46.0 Å². The number of fused-ring (bicyclic) bond motifs is 2. The topological polar surface area (TPSA) is 152 Å². The lowest BCUT2D eigenvalue weighted by atomic mass is 10.0. The van der Waals surface area contributed by atoms with E-state index in [9.17, 15) is 23.9 Å². The highest BCUT2D eigenvalue weighted by molar-refractivity contribution is 6.33. The Morgan fingerprint density at radius 3 is 2.55 bits per heavy atom. The maximum absolute atomic E-state index is 14.5. The summed E-state index contributed by atoms with van der Waals surface area (Å²) in [5.41, 5.74) is 5.30. The van der Waals surface area contributed by atoms with Crippen LogP contribution >= 0.6 is 11.6 Å². The molecule has 2 unspecified atom stereocenters. The number of halogens is 2. The smallest absolute Gasteiger partial charge is 0.263 e. The Morgan fingerprint density at radius 1 is 1.14 bits per heavy atom. The van der Waals surface area contributed by atoms with Crippen molar-refractivity contribution in [1.82, 2.24) is 24.0 Å². The molecule has 2 amide bonds. The summed E-state index contributed by atoms with van der Waals surface area (Å²) >= 11 is 6.39. The highest BCUT2D eigenvalue weighted by Gasteiger charge is 2.39. The van der Waals surface area contributed by atoms with Gasteiger partial charge in [-0.05, 0) is 36.6 Å². The summed E-state index contributed by atoms with van der Waals surface area (Å²) in [5.74, 6) is -1.60. The number of aryl methyl sites for hydroxylation is 1. The van der Waals surface area contributed by atoms with E-state index in [4.69, 9.17) is 17.3 Å². The highest BCUT2D eigenvalue weighted by Crippen LogP contribution is 2.35. The zero-order chi connectivity index (χ0) is 29.9. The fourth-order valence-electron chi connectivity index (χ4n) is 6.00. The lowest BCUT2D eigenvalue weighted by Crippen LogP contribution is -2.27. The molecule has 6 rings (SSSR count). The number of phenols is 1. The van der Waals surface area contributed by atoms with Gasteiger partial charge in [0.05, 0.1) is 34.2 Å². The van der Waals surface area contributed by atoms with Gasteiger partial charge in [0.15, 0.2) is 11.6 Å². The first kappa shape index (κ1) is 27.7. The van der Waals surface area contributed by atoms with Gasteiger partial charge in [-0.3, -0.25) is 14.4 Å². The molecule has 12 nitrogen and oxygen atoms in total. The molecule has 4 N–H and O–H groups in total. The number of primary amides is 1. The third-order valence-electron chi connectivity index (χ3n) is 8.00. The Morgan fingerprint density at radius 2 is 1.86 bits per heavy atom. The van der Waals surface area contributed by atoms with E-state index in [1.54, 1.807) is 6.07 Å². The second-order valence-corrected chi connectivity index (χ2v) is 11.4. The quantitative estimate of drug-likeness (QED) is 0.307. The van der Waals surface area contributed by atoms with Crippen molar-refractivity contribution in [3.8, 4) is 16.9 Å². The number of nitrogens with two attached hydrogens (primary N) is 1. The van der Waals surface area contributed by atoms with Crippen molar-refractivity contribution in [3.05, 3.63) is 63.7 Å². The van der Waals surface area contributed by atoms with Crippen molar-refractivity contribution < 1.29 is 19.1 Å². The van der Waals surface area contributed by atoms with Crippen LogP contribution in [-0.4, -0.2) is 74.1 Å². The van der Waals surface area contributed by atoms with Crippen molar-refractivity contribution in [2.75, 3.05) is 43.4 Å². The van der Waals surface area contributed by atoms with Crippen LogP contribution in [0.5, 0.6) is 5.75 Å². The van der Waals surface area contributed by atoms with E-state index >= 15 is 0 Å². The maximum Gasteiger partial charge on any atom is 0.263 e. The van der Waals surface area contributed by atoms with Gasteiger partial charge in [0, 0.05) is 51.1 Å². The number of aromatic hydroxyl groups is 1. The fourth-order valence-corrected chi connectivity index (χ4v) is 6.15. The Bertz CT molecular complexity index is 1810. The van der Waals surface area contributed by atoms with E-state index in [1.807, 2.05) is 0 Å². The summed E-state index contributed by atoms with van der Waals surface area (Å²) in [4.78, 5) is 51.5. The average molecular weight is 595 g/mol. The number of likely N-dealkylation sites (tertiary alicyclic amines) is 1. The van der Waals surface area contributed by atoms with Crippen LogP contribution in [0.4, 0.5) is 15.9 Å². The molecule has 0 spiro atoms. The molecule has 0 radical (unpaired) electrons. The standard InChI is InChI=1S/C28H28ClFN8O4/c1-35-7-15-9-37(10-16(15)8-35)22-5-21(19(29)6-32-22)34-23(39)12-38-11-18(24-27(38)33-13-36(2)28(24)42)14-3-17(26(31)41)25(40)20(30)4-14/h3-6,11,13,15-16,40H,7-10,12H2,1-2H3,(H2,31,41)(H,32,34,39). The van der Waals surface area contributed by atoms with Gasteiger partial charge < -0.3 is 35.1 Å². The largest absolute Gasteiger partial charge is 0.504 e. The summed E-state index contributed by atoms with van der Waals surface area (Å²) < 4.78 is 17.2. The van der Waals surface area contributed by atoms with Crippen molar-refractivity contribution in [3.63, 3.8) is 0 Å². The van der Waals surface area contributed by atoms with E-state index in [0.29, 0.717) is 17.5 Å². The first-order valence-electron chi connectivity index (χ1n) is 13.3. The number of nitrogens with zero attached hydrogens (tertiary/aromatic N) is 6. The molecule has 14 heteroatoms. The van der Waals surface area contributed by atoms with Gasteiger partial charge in [-0.1, -0.05) is 11.6 Å². The first-order valence-corrected chi connectivity index (χ1v) is 13.6. The lowest BCUT2D eigenvalue weighted by molar-refractivity contribution is -0.116. The van der Waals surface area contributed by atoms with Gasteiger partial charge in [0.1, 0.15) is 18.0 Å². The van der Waals surface area contributed by atoms with Crippen LogP contribution in [-0.2, 0) is 18.4 Å². The predicted molar refractivity (Wildman–Crippen MR) is 155 cm³/mol. The van der Waals surface area contributed by atoms with Crippen LogP contribution < -0.4 is 21.5 Å². The number of hydrogen-bond acceptors (Lipinski definition) is 8. The van der Waals surface area contributed by atoms with Crippen LogP contribution in [0.2, 0.25) is 5.02 Å². The predicted octanol–water partition coefficient (Wildman–Crippen LogP) is 2.03. The summed E-state index contributed by atoms with van der Waals surface area (Å²) in [5, 5.41) is 13.1. The Hall–Kier alpha value is -4.49. The molecule has 2 saturated heterocycles. The number of carbonyl (C=O) groups excluding carboxylic acids is 2. The molecule has 2 fully saturated rings. The molecule has 2 atom stereocenters. The number of rotatable bonds is 6. The van der Waals surface area contributed by atoms with Gasteiger partial charge in [-0.2, -0.15) is 0 Å². The van der Waals surface area contributed by atoms with E-state index in [1.165, 1.54) is 41.0 Å². The molecule has 0 saturated carbocycles. The number of amides is 2. The van der Waals surface area contributed by atoms with E-state index in [-0.39, 0.29) is 33.7 Å². The van der Waals surface area contributed by atoms with Gasteiger partial charge in [-0.25, -0.2) is 14.4 Å². The minimum Gasteiger partial charge on any atom is -0.504 e. The monoisotopic (exact) mass is 594 g/mol. The molecule has 42 heavy (non-hydrogen) atoms. The molecule has 218 valence electrons. The summed E-state index contributed by atoms with van der Waals surface area (Å²) in [6, 6.07) is 3.92. The van der Waals surface area contributed by atoms with Crippen molar-refractivity contribution in [2.24, 2.45) is 24.6 Å². The van der Waals surface area contributed by atoms with Gasteiger partial charge in [0.25, 0.3) is 11.5 Å². The zero-order valence-corrected chi connectivity index (χ0v) is 23.6. The Balaban J connectivity index is 1.30. The number of carbonyl (C=O) groups is 2. The molecule has 1 aromatic carbocycles. The number of nitrogens with one attached hydrogen (secondary N) is 1.